The average Bonchev–Trinajstić information content (AvgIpc) is 2.95. The van der Waals surface area contributed by atoms with Crippen LogP contribution in [0.25, 0.3) is 11.3 Å². The molecule has 0 radical (unpaired) electrons. The summed E-state index contributed by atoms with van der Waals surface area (Å²) in [7, 11) is 0. The molecule has 0 spiro atoms. The summed E-state index contributed by atoms with van der Waals surface area (Å²) in [4.78, 5) is 28.3. The van der Waals surface area contributed by atoms with Gasteiger partial charge in [-0.1, -0.05) is 29.8 Å². The first-order chi connectivity index (χ1) is 12.3. The van der Waals surface area contributed by atoms with Crippen molar-refractivity contribution in [2.24, 2.45) is 0 Å². The first kappa shape index (κ1) is 18.0. The van der Waals surface area contributed by atoms with Gasteiger partial charge in [0.05, 0.1) is 10.6 Å². The van der Waals surface area contributed by atoms with E-state index in [0.717, 1.165) is 16.1 Å². The predicted molar refractivity (Wildman–Crippen MR) is 103 cm³/mol. The molecule has 26 heavy (non-hydrogen) atoms. The van der Waals surface area contributed by atoms with Crippen molar-refractivity contribution in [3.8, 4) is 11.3 Å². The van der Waals surface area contributed by atoms with Crippen LogP contribution in [0.3, 0.4) is 0 Å². The molecule has 0 atom stereocenters. The molecule has 1 aromatic heterocycles. The maximum absolute atomic E-state index is 12.4. The zero-order valence-electron chi connectivity index (χ0n) is 13.9. The zero-order valence-corrected chi connectivity index (χ0v) is 15.5. The van der Waals surface area contributed by atoms with Crippen molar-refractivity contribution in [2.45, 2.75) is 13.8 Å². The number of aryl methyl sites for hydroxylation is 2. The predicted octanol–water partition coefficient (Wildman–Crippen LogP) is 5.24. The highest BCUT2D eigenvalue weighted by Crippen LogP contribution is 2.32. The number of thiazole rings is 1. The Morgan fingerprint density at radius 1 is 1.23 bits per heavy atom. The molecule has 0 unspecified atom stereocenters. The number of halogens is 1. The molecule has 1 amide bonds. The minimum atomic E-state index is -0.503. The summed E-state index contributed by atoms with van der Waals surface area (Å²) in [5.74, 6) is -0.445. The molecule has 0 bridgehead atoms. The van der Waals surface area contributed by atoms with E-state index in [4.69, 9.17) is 11.6 Å². The van der Waals surface area contributed by atoms with E-state index in [-0.39, 0.29) is 11.3 Å². The Morgan fingerprint density at radius 2 is 2.00 bits per heavy atom. The summed E-state index contributed by atoms with van der Waals surface area (Å²) in [6.45, 7) is 3.53. The van der Waals surface area contributed by atoms with Crippen LogP contribution < -0.4 is 5.32 Å². The SMILES string of the molecule is Cc1ccc(C(=O)Nc2nc(-c3cccc(Cl)c3)c(C)s2)cc1[N+](=O)[O-]. The molecule has 6 nitrogen and oxygen atoms in total. The molecule has 1 heterocycles. The third kappa shape index (κ3) is 3.74. The second kappa shape index (κ2) is 7.23. The first-order valence-corrected chi connectivity index (χ1v) is 8.84. The van der Waals surface area contributed by atoms with Crippen LogP contribution in [-0.2, 0) is 0 Å². The molecule has 0 aliphatic rings. The topological polar surface area (TPSA) is 85.1 Å². The van der Waals surface area contributed by atoms with Crippen molar-refractivity contribution in [3.63, 3.8) is 0 Å². The van der Waals surface area contributed by atoms with E-state index in [0.29, 0.717) is 15.7 Å². The fourth-order valence-corrected chi connectivity index (χ4v) is 3.49. The first-order valence-electron chi connectivity index (χ1n) is 7.65. The van der Waals surface area contributed by atoms with Crippen molar-refractivity contribution in [3.05, 3.63) is 73.6 Å². The number of aromatic nitrogens is 1. The van der Waals surface area contributed by atoms with Gasteiger partial charge >= 0.3 is 0 Å². The number of nitrogens with one attached hydrogen (secondary N) is 1. The lowest BCUT2D eigenvalue weighted by Crippen LogP contribution is -2.12. The average molecular weight is 388 g/mol. The number of amides is 1. The largest absolute Gasteiger partial charge is 0.298 e. The standard InChI is InChI=1S/C18H14ClN3O3S/c1-10-6-7-13(9-15(10)22(24)25)17(23)21-18-20-16(11(2)26-18)12-4-3-5-14(19)8-12/h3-9H,1-2H3,(H,20,21,23). The summed E-state index contributed by atoms with van der Waals surface area (Å²) in [5, 5.41) is 14.8. The van der Waals surface area contributed by atoms with Gasteiger partial charge in [0.1, 0.15) is 0 Å². The Hall–Kier alpha value is -2.77. The number of nitro benzene ring substituents is 1. The van der Waals surface area contributed by atoms with Gasteiger partial charge in [-0.05, 0) is 32.0 Å². The summed E-state index contributed by atoms with van der Waals surface area (Å²) < 4.78 is 0. The van der Waals surface area contributed by atoms with E-state index >= 15 is 0 Å². The number of nitrogens with zero attached hydrogens (tertiary/aromatic N) is 2. The van der Waals surface area contributed by atoms with Crippen LogP contribution in [0.4, 0.5) is 10.8 Å². The lowest BCUT2D eigenvalue weighted by molar-refractivity contribution is -0.385. The summed E-state index contributed by atoms with van der Waals surface area (Å²) in [5.41, 5.74) is 2.22. The number of carbonyl (C=O) groups is 1. The van der Waals surface area contributed by atoms with Crippen LogP contribution in [0, 0.1) is 24.0 Å². The number of anilines is 1. The van der Waals surface area contributed by atoms with Gasteiger partial charge in [-0.2, -0.15) is 0 Å². The van der Waals surface area contributed by atoms with E-state index < -0.39 is 10.8 Å². The smallest absolute Gasteiger partial charge is 0.273 e. The maximum atomic E-state index is 12.4. The normalized spacial score (nSPS) is 10.6. The Kier molecular flexibility index (Phi) is 5.01. The number of carbonyl (C=O) groups excluding carboxylic acids is 1. The number of nitro groups is 1. The number of hydrogen-bond donors (Lipinski definition) is 1. The summed E-state index contributed by atoms with van der Waals surface area (Å²) in [6, 6.07) is 11.7. The van der Waals surface area contributed by atoms with Gasteiger partial charge in [0.2, 0.25) is 0 Å². The molecule has 2 aromatic carbocycles. The Balaban J connectivity index is 1.86. The third-order valence-corrected chi connectivity index (χ3v) is 4.90. The van der Waals surface area contributed by atoms with E-state index in [1.165, 1.54) is 17.4 Å². The highest BCUT2D eigenvalue weighted by molar-refractivity contribution is 7.16. The van der Waals surface area contributed by atoms with Gasteiger partial charge in [0.15, 0.2) is 5.13 Å². The molecule has 0 saturated heterocycles. The van der Waals surface area contributed by atoms with Crippen LogP contribution in [0.1, 0.15) is 20.8 Å². The Bertz CT molecular complexity index is 1020. The molecule has 8 heteroatoms. The maximum Gasteiger partial charge on any atom is 0.273 e. The van der Waals surface area contributed by atoms with Crippen LogP contribution in [-0.4, -0.2) is 15.8 Å². The van der Waals surface area contributed by atoms with Crippen LogP contribution in [0.5, 0.6) is 0 Å². The molecule has 3 rings (SSSR count). The van der Waals surface area contributed by atoms with Crippen LogP contribution in [0.15, 0.2) is 42.5 Å². The highest BCUT2D eigenvalue weighted by Gasteiger charge is 2.17. The monoisotopic (exact) mass is 387 g/mol. The lowest BCUT2D eigenvalue weighted by Gasteiger charge is -2.03. The lowest BCUT2D eigenvalue weighted by atomic mass is 10.1. The van der Waals surface area contributed by atoms with Gasteiger partial charge in [-0.15, -0.1) is 11.3 Å². The van der Waals surface area contributed by atoms with E-state index in [2.05, 4.69) is 10.3 Å². The number of hydrogen-bond acceptors (Lipinski definition) is 5. The minimum absolute atomic E-state index is 0.0902. The van der Waals surface area contributed by atoms with Crippen molar-refractivity contribution in [1.82, 2.24) is 4.98 Å². The van der Waals surface area contributed by atoms with Crippen molar-refractivity contribution in [1.29, 1.82) is 0 Å². The van der Waals surface area contributed by atoms with Crippen LogP contribution >= 0.6 is 22.9 Å². The molecular formula is C18H14ClN3O3S. The molecule has 0 aliphatic heterocycles. The van der Waals surface area contributed by atoms with E-state index in [1.54, 1.807) is 31.2 Å². The minimum Gasteiger partial charge on any atom is -0.298 e. The zero-order chi connectivity index (χ0) is 18.8. The molecule has 0 saturated carbocycles. The third-order valence-electron chi connectivity index (χ3n) is 3.78. The van der Waals surface area contributed by atoms with Gasteiger partial charge < -0.3 is 0 Å². The molecule has 132 valence electrons. The second-order valence-electron chi connectivity index (χ2n) is 5.65. The molecular weight excluding hydrogens is 374 g/mol. The van der Waals surface area contributed by atoms with E-state index in [1.807, 2.05) is 19.1 Å². The molecule has 0 fully saturated rings. The van der Waals surface area contributed by atoms with Gasteiger partial charge in [0, 0.05) is 32.7 Å². The highest BCUT2D eigenvalue weighted by atomic mass is 35.5. The molecule has 3 aromatic rings. The fraction of sp³-hybridized carbons (Fsp3) is 0.111. The van der Waals surface area contributed by atoms with Crippen molar-refractivity contribution < 1.29 is 9.72 Å². The van der Waals surface area contributed by atoms with Crippen LogP contribution in [0.2, 0.25) is 5.02 Å². The van der Waals surface area contributed by atoms with Gasteiger partial charge in [-0.3, -0.25) is 20.2 Å². The van der Waals surface area contributed by atoms with Gasteiger partial charge in [-0.25, -0.2) is 4.98 Å². The summed E-state index contributed by atoms with van der Waals surface area (Å²) >= 11 is 7.35. The summed E-state index contributed by atoms with van der Waals surface area (Å²) in [6.07, 6.45) is 0. The Morgan fingerprint density at radius 3 is 2.69 bits per heavy atom. The number of benzene rings is 2. The van der Waals surface area contributed by atoms with Crippen molar-refractivity contribution >= 4 is 39.7 Å². The Labute approximate surface area is 158 Å². The molecule has 1 N–H and O–H groups in total. The second-order valence-corrected chi connectivity index (χ2v) is 7.29. The molecule has 0 aliphatic carbocycles. The quantitative estimate of drug-likeness (QED) is 0.490. The number of rotatable bonds is 4. The van der Waals surface area contributed by atoms with E-state index in [9.17, 15) is 14.9 Å². The van der Waals surface area contributed by atoms with Crippen molar-refractivity contribution in [2.75, 3.05) is 5.32 Å². The van der Waals surface area contributed by atoms with Gasteiger partial charge in [0.25, 0.3) is 11.6 Å². The fourth-order valence-electron chi connectivity index (χ4n) is 2.47.